The van der Waals surface area contributed by atoms with Crippen LogP contribution in [0.4, 0.5) is 4.39 Å². The number of nitrogens with one attached hydrogen (secondary N) is 1. The van der Waals surface area contributed by atoms with Crippen molar-refractivity contribution in [3.05, 3.63) is 83.8 Å². The van der Waals surface area contributed by atoms with Gasteiger partial charge < -0.3 is 29.4 Å². The van der Waals surface area contributed by atoms with Crippen molar-refractivity contribution in [1.29, 1.82) is 0 Å². The summed E-state index contributed by atoms with van der Waals surface area (Å²) in [6.07, 6.45) is 2.76. The van der Waals surface area contributed by atoms with E-state index in [9.17, 15) is 19.1 Å². The Bertz CT molecular complexity index is 1590. The Balaban J connectivity index is 1.19. The van der Waals surface area contributed by atoms with Crippen molar-refractivity contribution in [3.8, 4) is 22.6 Å². The molecule has 1 amide bonds. The zero-order chi connectivity index (χ0) is 28.5. The van der Waals surface area contributed by atoms with Gasteiger partial charge in [0.1, 0.15) is 19.3 Å². The summed E-state index contributed by atoms with van der Waals surface area (Å²) < 4.78 is 27.7. The lowest BCUT2D eigenvalue weighted by molar-refractivity contribution is -0.118. The SMILES string of the molecule is Cn1ccc2cc(-c3ccc(C(=O)C(=O)NC(CN4CCCC4)C(O)c4cc(F)c5c(c4)OCCO5)cc3)ccc21. The molecule has 2 N–H and O–H groups in total. The van der Waals surface area contributed by atoms with Crippen molar-refractivity contribution in [2.75, 3.05) is 32.8 Å². The minimum atomic E-state index is -1.27. The lowest BCUT2D eigenvalue weighted by atomic mass is 9.99. The molecule has 1 saturated heterocycles. The van der Waals surface area contributed by atoms with Gasteiger partial charge in [0, 0.05) is 36.3 Å². The van der Waals surface area contributed by atoms with Crippen LogP contribution in [0.5, 0.6) is 11.5 Å². The molecule has 0 aliphatic carbocycles. The quantitative estimate of drug-likeness (QED) is 0.249. The zero-order valence-electron chi connectivity index (χ0n) is 22.8. The van der Waals surface area contributed by atoms with Crippen LogP contribution in [-0.2, 0) is 11.8 Å². The average molecular weight is 558 g/mol. The monoisotopic (exact) mass is 557 g/mol. The zero-order valence-corrected chi connectivity index (χ0v) is 22.8. The number of hydrogen-bond donors (Lipinski definition) is 2. The van der Waals surface area contributed by atoms with E-state index in [1.165, 1.54) is 12.1 Å². The number of nitrogens with zero attached hydrogens (tertiary/aromatic N) is 2. The highest BCUT2D eigenvalue weighted by atomic mass is 19.1. The molecule has 0 bridgehead atoms. The number of carbonyl (C=O) groups excluding carboxylic acids is 2. The number of rotatable bonds is 8. The van der Waals surface area contributed by atoms with Gasteiger partial charge in [-0.25, -0.2) is 4.39 Å². The van der Waals surface area contributed by atoms with Gasteiger partial charge in [0.2, 0.25) is 5.78 Å². The van der Waals surface area contributed by atoms with E-state index in [1.807, 2.05) is 37.5 Å². The summed E-state index contributed by atoms with van der Waals surface area (Å²) in [6.45, 7) is 2.47. The molecule has 41 heavy (non-hydrogen) atoms. The molecular weight excluding hydrogens is 525 g/mol. The lowest BCUT2D eigenvalue weighted by Gasteiger charge is -2.29. The van der Waals surface area contributed by atoms with E-state index in [4.69, 9.17) is 9.47 Å². The standard InChI is InChI=1S/C32H32FN3O5/c1-35-13-10-23-16-22(8-9-27(23)35)20-4-6-21(7-5-20)30(38)32(39)34-26(19-36-11-2-3-12-36)29(37)24-17-25(33)31-28(18-24)40-14-15-41-31/h4-10,13,16-18,26,29,37H,2-3,11-12,14-15,19H2,1H3,(H,34,39). The molecule has 0 spiro atoms. The topological polar surface area (TPSA) is 93.0 Å². The Morgan fingerprint density at radius 2 is 1.71 bits per heavy atom. The molecule has 9 heteroatoms. The van der Waals surface area contributed by atoms with Gasteiger partial charge in [0.05, 0.1) is 6.04 Å². The summed E-state index contributed by atoms with van der Waals surface area (Å²) in [5.74, 6) is -1.97. The number of carbonyl (C=O) groups is 2. The predicted molar refractivity (Wildman–Crippen MR) is 153 cm³/mol. The summed E-state index contributed by atoms with van der Waals surface area (Å²) in [7, 11) is 2.00. The summed E-state index contributed by atoms with van der Waals surface area (Å²) in [5.41, 5.74) is 3.54. The maximum atomic E-state index is 14.7. The third kappa shape index (κ3) is 5.55. The number of ketones is 1. The van der Waals surface area contributed by atoms with Crippen molar-refractivity contribution in [2.24, 2.45) is 7.05 Å². The van der Waals surface area contributed by atoms with E-state index in [1.54, 1.807) is 12.1 Å². The molecule has 2 unspecified atom stereocenters. The molecule has 3 heterocycles. The van der Waals surface area contributed by atoms with E-state index in [0.717, 1.165) is 48.0 Å². The summed E-state index contributed by atoms with van der Waals surface area (Å²) >= 11 is 0. The van der Waals surface area contributed by atoms with E-state index in [-0.39, 0.29) is 35.8 Å². The number of amides is 1. The molecule has 1 aromatic heterocycles. The Morgan fingerprint density at radius 3 is 2.49 bits per heavy atom. The third-order valence-electron chi connectivity index (χ3n) is 7.88. The Morgan fingerprint density at radius 1 is 0.976 bits per heavy atom. The largest absolute Gasteiger partial charge is 0.486 e. The first-order valence-corrected chi connectivity index (χ1v) is 13.9. The molecule has 4 aromatic rings. The second kappa shape index (κ2) is 11.3. The van der Waals surface area contributed by atoms with Crippen molar-refractivity contribution < 1.29 is 28.6 Å². The van der Waals surface area contributed by atoms with Crippen LogP contribution in [0.2, 0.25) is 0 Å². The minimum Gasteiger partial charge on any atom is -0.486 e. The molecule has 0 saturated carbocycles. The fourth-order valence-corrected chi connectivity index (χ4v) is 5.64. The number of aliphatic hydroxyl groups excluding tert-OH is 1. The second-order valence-electron chi connectivity index (χ2n) is 10.7. The van der Waals surface area contributed by atoms with Crippen LogP contribution >= 0.6 is 0 Å². The summed E-state index contributed by atoms with van der Waals surface area (Å²) in [6, 6.07) is 17.0. The van der Waals surface area contributed by atoms with Gasteiger partial charge in [-0.3, -0.25) is 9.59 Å². The highest BCUT2D eigenvalue weighted by molar-refractivity contribution is 6.42. The number of aryl methyl sites for hydroxylation is 1. The number of fused-ring (bicyclic) bond motifs is 2. The molecule has 2 aliphatic rings. The van der Waals surface area contributed by atoms with Gasteiger partial charge >= 0.3 is 0 Å². The normalized spacial score (nSPS) is 16.5. The fraction of sp³-hybridized carbons (Fsp3) is 0.312. The van der Waals surface area contributed by atoms with Gasteiger partial charge in [-0.2, -0.15) is 0 Å². The Hall–Kier alpha value is -4.21. The average Bonchev–Trinajstić information content (AvgIpc) is 3.65. The number of Topliss-reactive ketones (excluding diaryl/α,β-unsaturated/α-hetero) is 1. The first-order chi connectivity index (χ1) is 19.9. The first-order valence-electron chi connectivity index (χ1n) is 13.9. The maximum absolute atomic E-state index is 14.7. The van der Waals surface area contributed by atoms with Crippen LogP contribution in [0.15, 0.2) is 66.9 Å². The van der Waals surface area contributed by atoms with Crippen molar-refractivity contribution in [2.45, 2.75) is 25.0 Å². The molecule has 2 aliphatic heterocycles. The number of aliphatic hydroxyl groups is 1. The van der Waals surface area contributed by atoms with Gasteiger partial charge in [0.15, 0.2) is 17.3 Å². The van der Waals surface area contributed by atoms with Crippen LogP contribution in [0, 0.1) is 5.82 Å². The maximum Gasteiger partial charge on any atom is 0.292 e. The number of halogens is 1. The fourth-order valence-electron chi connectivity index (χ4n) is 5.64. The van der Waals surface area contributed by atoms with Crippen LogP contribution in [0.1, 0.15) is 34.9 Å². The number of benzene rings is 3. The third-order valence-corrected chi connectivity index (χ3v) is 7.88. The van der Waals surface area contributed by atoms with Crippen LogP contribution < -0.4 is 14.8 Å². The summed E-state index contributed by atoms with van der Waals surface area (Å²) in [4.78, 5) is 28.4. The Kier molecular flexibility index (Phi) is 7.47. The van der Waals surface area contributed by atoms with Crippen molar-refractivity contribution >= 4 is 22.6 Å². The summed E-state index contributed by atoms with van der Waals surface area (Å²) in [5, 5.41) is 15.1. The Labute approximate surface area is 237 Å². The number of likely N-dealkylation sites (tertiary alicyclic amines) is 1. The van der Waals surface area contributed by atoms with E-state index in [0.29, 0.717) is 6.54 Å². The smallest absolute Gasteiger partial charge is 0.292 e. The molecule has 2 atom stereocenters. The predicted octanol–water partition coefficient (Wildman–Crippen LogP) is 4.25. The number of aromatic nitrogens is 1. The molecule has 1 fully saturated rings. The minimum absolute atomic E-state index is 0.00893. The van der Waals surface area contributed by atoms with Gasteiger partial charge in [0.25, 0.3) is 5.91 Å². The number of hydrogen-bond acceptors (Lipinski definition) is 6. The van der Waals surface area contributed by atoms with Gasteiger partial charge in [-0.15, -0.1) is 0 Å². The highest BCUT2D eigenvalue weighted by Gasteiger charge is 2.31. The molecule has 0 radical (unpaired) electrons. The van der Waals surface area contributed by atoms with Crippen LogP contribution in [0.25, 0.3) is 22.0 Å². The lowest BCUT2D eigenvalue weighted by Crippen LogP contribution is -2.48. The van der Waals surface area contributed by atoms with E-state index in [2.05, 4.69) is 26.9 Å². The second-order valence-corrected chi connectivity index (χ2v) is 10.7. The molecule has 8 nitrogen and oxygen atoms in total. The van der Waals surface area contributed by atoms with Crippen molar-refractivity contribution in [1.82, 2.24) is 14.8 Å². The molecule has 212 valence electrons. The van der Waals surface area contributed by atoms with Gasteiger partial charge in [-0.1, -0.05) is 30.3 Å². The van der Waals surface area contributed by atoms with Crippen LogP contribution in [-0.4, -0.2) is 65.2 Å². The molecular formula is C32H32FN3O5. The van der Waals surface area contributed by atoms with E-state index < -0.39 is 29.7 Å². The van der Waals surface area contributed by atoms with Crippen molar-refractivity contribution in [3.63, 3.8) is 0 Å². The molecule has 6 rings (SSSR count). The molecule has 3 aromatic carbocycles. The highest BCUT2D eigenvalue weighted by Crippen LogP contribution is 2.36. The first kappa shape index (κ1) is 27.0. The van der Waals surface area contributed by atoms with E-state index >= 15 is 0 Å². The van der Waals surface area contributed by atoms with Gasteiger partial charge in [-0.05, 0) is 73.0 Å². The van der Waals surface area contributed by atoms with Crippen LogP contribution in [0.3, 0.4) is 0 Å². The number of ether oxygens (including phenoxy) is 2.